The van der Waals surface area contributed by atoms with Gasteiger partial charge in [-0.1, -0.05) is 6.07 Å². The number of pyridine rings is 2. The minimum absolute atomic E-state index is 0.0724. The Hall–Kier alpha value is -4.12. The Labute approximate surface area is 176 Å². The molecule has 4 rings (SSSR count). The van der Waals surface area contributed by atoms with E-state index in [1.807, 2.05) is 32.9 Å². The van der Waals surface area contributed by atoms with Crippen molar-refractivity contribution in [3.8, 4) is 6.07 Å². The van der Waals surface area contributed by atoms with Gasteiger partial charge < -0.3 is 4.57 Å². The number of carbonyl (C=O) groups excluding carboxylic acids is 1. The number of nitriles is 1. The molecule has 0 aliphatic rings. The molecule has 0 saturated heterocycles. The first kappa shape index (κ1) is 20.2. The summed E-state index contributed by atoms with van der Waals surface area (Å²) < 4.78 is 16.3. The van der Waals surface area contributed by atoms with Gasteiger partial charge in [0.15, 0.2) is 5.49 Å². The van der Waals surface area contributed by atoms with E-state index in [-0.39, 0.29) is 33.6 Å². The van der Waals surface area contributed by atoms with Gasteiger partial charge in [-0.3, -0.25) is 14.0 Å². The maximum atomic E-state index is 13.2. The molecule has 0 bridgehead atoms. The normalized spacial score (nSPS) is 11.9. The fraction of sp³-hybridized carbons (Fsp3) is 0.174. The number of rotatable bonds is 2. The molecular weight excluding hydrogens is 397 g/mol. The number of aryl methyl sites for hydroxylation is 1. The first-order chi connectivity index (χ1) is 14.8. The van der Waals surface area contributed by atoms with Gasteiger partial charge in [0.2, 0.25) is 0 Å². The zero-order chi connectivity index (χ0) is 22.3. The van der Waals surface area contributed by atoms with Crippen molar-refractivity contribution in [3.05, 3.63) is 87.0 Å². The predicted octanol–water partition coefficient (Wildman–Crippen LogP) is 3.29. The molecule has 1 aromatic carbocycles. The second kappa shape index (κ2) is 7.61. The summed E-state index contributed by atoms with van der Waals surface area (Å²) >= 11 is 0. The summed E-state index contributed by atoms with van der Waals surface area (Å²) in [7, 11) is 0. The molecule has 8 heteroatoms. The highest BCUT2D eigenvalue weighted by atomic mass is 19.1. The van der Waals surface area contributed by atoms with E-state index in [1.165, 1.54) is 34.7 Å². The Morgan fingerprint density at radius 2 is 1.90 bits per heavy atom. The van der Waals surface area contributed by atoms with Crippen LogP contribution in [0.3, 0.4) is 0 Å². The lowest BCUT2D eigenvalue weighted by Gasteiger charge is -2.16. The van der Waals surface area contributed by atoms with Crippen LogP contribution in [-0.4, -0.2) is 19.9 Å². The fourth-order valence-electron chi connectivity index (χ4n) is 3.49. The van der Waals surface area contributed by atoms with E-state index < -0.39 is 11.7 Å². The third kappa shape index (κ3) is 3.40. The molecule has 0 N–H and O–H groups in total. The molecule has 3 heterocycles. The van der Waals surface area contributed by atoms with Crippen LogP contribution in [-0.2, 0) is 0 Å². The minimum Gasteiger partial charge on any atom is -0.306 e. The van der Waals surface area contributed by atoms with Gasteiger partial charge in [0.1, 0.15) is 23.2 Å². The van der Waals surface area contributed by atoms with E-state index >= 15 is 0 Å². The van der Waals surface area contributed by atoms with Crippen LogP contribution in [0.1, 0.15) is 41.4 Å². The number of halogens is 1. The molecule has 0 radical (unpaired) electrons. The van der Waals surface area contributed by atoms with Crippen molar-refractivity contribution >= 4 is 22.6 Å². The number of aromatic nitrogens is 3. The summed E-state index contributed by atoms with van der Waals surface area (Å²) in [6.45, 7) is 5.55. The molecule has 1 amide bonds. The zero-order valence-corrected chi connectivity index (χ0v) is 17.1. The molecule has 0 saturated carbocycles. The number of hydrogen-bond donors (Lipinski definition) is 0. The van der Waals surface area contributed by atoms with Gasteiger partial charge in [-0.25, -0.2) is 9.37 Å². The number of amides is 1. The molecule has 0 fully saturated rings. The highest BCUT2D eigenvalue weighted by Gasteiger charge is 2.17. The summed E-state index contributed by atoms with van der Waals surface area (Å²) in [5.41, 5.74) is 1.66. The molecule has 3 aromatic heterocycles. The van der Waals surface area contributed by atoms with Gasteiger partial charge in [-0.15, -0.1) is 0 Å². The number of hydrogen-bond acceptors (Lipinski definition) is 4. The van der Waals surface area contributed by atoms with Crippen molar-refractivity contribution in [3.63, 3.8) is 0 Å². The molecule has 0 unspecified atom stereocenters. The van der Waals surface area contributed by atoms with Crippen molar-refractivity contribution in [1.82, 2.24) is 14.0 Å². The van der Waals surface area contributed by atoms with Crippen LogP contribution in [0.2, 0.25) is 0 Å². The largest absolute Gasteiger partial charge is 0.306 e. The topological polar surface area (TPSA) is 92.5 Å². The highest BCUT2D eigenvalue weighted by Crippen LogP contribution is 2.16. The summed E-state index contributed by atoms with van der Waals surface area (Å²) in [5, 5.41) is 9.99. The monoisotopic (exact) mass is 415 g/mol. The molecule has 154 valence electrons. The molecule has 31 heavy (non-hydrogen) atoms. The third-order valence-corrected chi connectivity index (χ3v) is 4.99. The van der Waals surface area contributed by atoms with Gasteiger partial charge in [-0.05, 0) is 62.7 Å². The Bertz CT molecular complexity index is 1520. The van der Waals surface area contributed by atoms with Crippen LogP contribution < -0.4 is 11.0 Å². The maximum absolute atomic E-state index is 13.2. The van der Waals surface area contributed by atoms with Crippen LogP contribution in [0.25, 0.3) is 16.7 Å². The Morgan fingerprint density at radius 3 is 2.55 bits per heavy atom. The summed E-state index contributed by atoms with van der Waals surface area (Å²) in [6.07, 6.45) is 1.62. The fourth-order valence-corrected chi connectivity index (χ4v) is 3.49. The van der Waals surface area contributed by atoms with Gasteiger partial charge in [-0.2, -0.15) is 10.3 Å². The van der Waals surface area contributed by atoms with Gasteiger partial charge in [0.05, 0.1) is 10.9 Å². The van der Waals surface area contributed by atoms with E-state index in [4.69, 9.17) is 0 Å². The highest BCUT2D eigenvalue weighted by molar-refractivity contribution is 5.95. The Balaban J connectivity index is 2.13. The van der Waals surface area contributed by atoms with E-state index in [9.17, 15) is 19.2 Å². The van der Waals surface area contributed by atoms with Crippen molar-refractivity contribution < 1.29 is 9.18 Å². The summed E-state index contributed by atoms with van der Waals surface area (Å²) in [4.78, 5) is 34.7. The van der Waals surface area contributed by atoms with E-state index in [0.29, 0.717) is 11.3 Å². The lowest BCUT2D eigenvalue weighted by Crippen LogP contribution is -2.30. The predicted molar refractivity (Wildman–Crippen MR) is 113 cm³/mol. The van der Waals surface area contributed by atoms with Crippen molar-refractivity contribution in [2.45, 2.75) is 26.8 Å². The molecular formula is C23H18FN5O2. The van der Waals surface area contributed by atoms with Gasteiger partial charge in [0, 0.05) is 17.8 Å². The quantitative estimate of drug-likeness (QED) is 0.470. The molecule has 0 atom stereocenters. The first-order valence-electron chi connectivity index (χ1n) is 9.63. The Kier molecular flexibility index (Phi) is 4.95. The molecule has 0 spiro atoms. The van der Waals surface area contributed by atoms with E-state index in [2.05, 4.69) is 9.98 Å². The second-order valence-corrected chi connectivity index (χ2v) is 7.42. The van der Waals surface area contributed by atoms with Crippen molar-refractivity contribution in [2.24, 2.45) is 4.99 Å². The number of carbonyl (C=O) groups is 1. The molecule has 7 nitrogen and oxygen atoms in total. The maximum Gasteiger partial charge on any atom is 0.278 e. The van der Waals surface area contributed by atoms with Gasteiger partial charge in [0.25, 0.3) is 11.5 Å². The second-order valence-electron chi connectivity index (χ2n) is 7.42. The van der Waals surface area contributed by atoms with E-state index in [0.717, 1.165) is 5.56 Å². The average molecular weight is 415 g/mol. The summed E-state index contributed by atoms with van der Waals surface area (Å²) in [6, 6.07) is 11.8. The third-order valence-electron chi connectivity index (χ3n) is 4.99. The molecule has 0 aliphatic heterocycles. The molecule has 0 aliphatic carbocycles. The van der Waals surface area contributed by atoms with Crippen LogP contribution in [0, 0.1) is 24.1 Å². The lowest BCUT2D eigenvalue weighted by molar-refractivity contribution is 0.0997. The smallest absolute Gasteiger partial charge is 0.278 e. The van der Waals surface area contributed by atoms with Crippen molar-refractivity contribution in [1.29, 1.82) is 5.26 Å². The first-order valence-corrected chi connectivity index (χ1v) is 9.63. The van der Waals surface area contributed by atoms with Crippen molar-refractivity contribution in [2.75, 3.05) is 0 Å². The van der Waals surface area contributed by atoms with E-state index in [1.54, 1.807) is 16.8 Å². The van der Waals surface area contributed by atoms with Crippen LogP contribution >= 0.6 is 0 Å². The van der Waals surface area contributed by atoms with Gasteiger partial charge >= 0.3 is 0 Å². The Morgan fingerprint density at radius 1 is 1.19 bits per heavy atom. The zero-order valence-electron chi connectivity index (χ0n) is 17.1. The van der Waals surface area contributed by atoms with Crippen LogP contribution in [0.5, 0.6) is 0 Å². The number of fused-ring (bicyclic) bond motifs is 2. The SMILES string of the molecule is Cc1cccn2c(=O)c3cc(C#N)c(=NC(=O)c4ccc(F)cc4)n(C(C)C)c3nc12. The lowest BCUT2D eigenvalue weighted by atomic mass is 10.2. The van der Waals surface area contributed by atoms with Crippen LogP contribution in [0.4, 0.5) is 4.39 Å². The standard InChI is InChI=1S/C23H18FN5O2/c1-13(2)29-20(27-22(30)15-6-8-17(24)9-7-15)16(12-25)11-18-21(29)26-19-14(3)5-4-10-28(19)23(18)31/h4-11,13H,1-3H3. The summed E-state index contributed by atoms with van der Waals surface area (Å²) in [5.74, 6) is -1.09. The molecule has 4 aromatic rings. The minimum atomic E-state index is -0.626. The van der Waals surface area contributed by atoms with Crippen LogP contribution in [0.15, 0.2) is 58.4 Å². The number of benzene rings is 1. The average Bonchev–Trinajstić information content (AvgIpc) is 2.74. The number of nitrogens with zero attached hydrogens (tertiary/aromatic N) is 5.